The minimum absolute atomic E-state index is 0.895. The quantitative estimate of drug-likeness (QED) is 0.501. The summed E-state index contributed by atoms with van der Waals surface area (Å²) < 4.78 is 0. The van der Waals surface area contributed by atoms with Crippen molar-refractivity contribution in [2.24, 2.45) is 5.92 Å². The van der Waals surface area contributed by atoms with Crippen molar-refractivity contribution in [3.8, 4) is 0 Å². The molecule has 12 heavy (non-hydrogen) atoms. The minimum Gasteiger partial charge on any atom is -0.0880 e. The van der Waals surface area contributed by atoms with E-state index in [0.29, 0.717) is 0 Å². The van der Waals surface area contributed by atoms with Crippen molar-refractivity contribution in [3.63, 3.8) is 0 Å². The molecule has 0 unspecified atom stereocenters. The van der Waals surface area contributed by atoms with Crippen molar-refractivity contribution in [1.29, 1.82) is 0 Å². The average molecular weight is 231 g/mol. The van der Waals surface area contributed by atoms with Gasteiger partial charge in [-0.15, -0.1) is 0 Å². The van der Waals surface area contributed by atoms with Gasteiger partial charge < -0.3 is 0 Å². The van der Waals surface area contributed by atoms with Crippen molar-refractivity contribution in [1.82, 2.24) is 0 Å². The van der Waals surface area contributed by atoms with Crippen LogP contribution in [-0.4, -0.2) is 5.33 Å². The first-order valence-corrected chi connectivity index (χ1v) is 6.24. The molecular formula is C11H19Br. The van der Waals surface area contributed by atoms with Crippen LogP contribution in [0.25, 0.3) is 0 Å². The normalized spacial score (nSPS) is 21.3. The Hall–Kier alpha value is 0.220. The molecular weight excluding hydrogens is 212 g/mol. The van der Waals surface area contributed by atoms with E-state index >= 15 is 0 Å². The molecule has 1 aliphatic carbocycles. The van der Waals surface area contributed by atoms with Gasteiger partial charge in [-0.25, -0.2) is 0 Å². The molecule has 1 saturated carbocycles. The molecule has 0 nitrogen and oxygen atoms in total. The largest absolute Gasteiger partial charge is 0.0880 e. The molecule has 0 atom stereocenters. The highest BCUT2D eigenvalue weighted by Crippen LogP contribution is 2.26. The molecule has 0 heterocycles. The van der Waals surface area contributed by atoms with Gasteiger partial charge in [-0.3, -0.25) is 0 Å². The highest BCUT2D eigenvalue weighted by molar-refractivity contribution is 9.09. The second kappa shape index (κ2) is 5.80. The van der Waals surface area contributed by atoms with Gasteiger partial charge >= 0.3 is 0 Å². The molecule has 0 aliphatic heterocycles. The maximum atomic E-state index is 3.53. The summed E-state index contributed by atoms with van der Waals surface area (Å²) in [5.74, 6) is 0.895. The molecule has 0 saturated heterocycles. The van der Waals surface area contributed by atoms with Crippen LogP contribution in [0.15, 0.2) is 11.6 Å². The molecule has 0 bridgehead atoms. The second-order valence-electron chi connectivity index (χ2n) is 3.71. The van der Waals surface area contributed by atoms with Crippen LogP contribution in [-0.2, 0) is 0 Å². The van der Waals surface area contributed by atoms with Crippen LogP contribution in [0.4, 0.5) is 0 Å². The molecule has 0 N–H and O–H groups in total. The Morgan fingerprint density at radius 3 is 2.50 bits per heavy atom. The van der Waals surface area contributed by atoms with Gasteiger partial charge in [-0.1, -0.05) is 53.8 Å². The van der Waals surface area contributed by atoms with Gasteiger partial charge in [-0.05, 0) is 25.2 Å². The Bertz CT molecular complexity index is 137. The maximum absolute atomic E-state index is 3.53. The Labute approximate surface area is 84.6 Å². The molecule has 0 aromatic carbocycles. The number of hydrogen-bond donors (Lipinski definition) is 0. The average Bonchev–Trinajstić information content (AvgIpc) is 2.16. The lowest BCUT2D eigenvalue weighted by atomic mass is 9.88. The van der Waals surface area contributed by atoms with E-state index in [1.165, 1.54) is 38.5 Å². The third-order valence-electron chi connectivity index (χ3n) is 2.75. The van der Waals surface area contributed by atoms with E-state index in [1.807, 2.05) is 0 Å². The van der Waals surface area contributed by atoms with E-state index in [1.54, 1.807) is 5.57 Å². The minimum atomic E-state index is 0.895. The van der Waals surface area contributed by atoms with E-state index in [0.717, 1.165) is 11.2 Å². The van der Waals surface area contributed by atoms with E-state index in [2.05, 4.69) is 28.9 Å². The van der Waals surface area contributed by atoms with Crippen LogP contribution in [0.2, 0.25) is 0 Å². The van der Waals surface area contributed by atoms with Gasteiger partial charge in [0, 0.05) is 5.33 Å². The Kier molecular flexibility index (Phi) is 4.98. The highest BCUT2D eigenvalue weighted by Gasteiger charge is 2.10. The zero-order chi connectivity index (χ0) is 8.81. The van der Waals surface area contributed by atoms with Gasteiger partial charge in [0.25, 0.3) is 0 Å². The predicted molar refractivity (Wildman–Crippen MR) is 58.7 cm³/mol. The summed E-state index contributed by atoms with van der Waals surface area (Å²) in [4.78, 5) is 0. The summed E-state index contributed by atoms with van der Waals surface area (Å²) in [6.45, 7) is 2.25. The van der Waals surface area contributed by atoms with Gasteiger partial charge in [0.2, 0.25) is 0 Å². The van der Waals surface area contributed by atoms with E-state index in [9.17, 15) is 0 Å². The van der Waals surface area contributed by atoms with Crippen molar-refractivity contribution in [2.75, 3.05) is 5.33 Å². The first-order chi connectivity index (χ1) is 5.86. The molecule has 1 aliphatic rings. The molecule has 0 spiro atoms. The van der Waals surface area contributed by atoms with Gasteiger partial charge in [0.15, 0.2) is 0 Å². The fourth-order valence-electron chi connectivity index (χ4n) is 1.89. The maximum Gasteiger partial charge on any atom is 0.0241 e. The lowest BCUT2D eigenvalue weighted by Gasteiger charge is -2.19. The summed E-state index contributed by atoms with van der Waals surface area (Å²) in [6, 6.07) is 0. The number of rotatable bonds is 3. The van der Waals surface area contributed by atoms with Crippen LogP contribution in [0.3, 0.4) is 0 Å². The molecule has 0 radical (unpaired) electrons. The summed E-state index contributed by atoms with van der Waals surface area (Å²) in [7, 11) is 0. The summed E-state index contributed by atoms with van der Waals surface area (Å²) in [5, 5.41) is 1.07. The van der Waals surface area contributed by atoms with Crippen molar-refractivity contribution < 1.29 is 0 Å². The third kappa shape index (κ3) is 3.30. The van der Waals surface area contributed by atoms with E-state index in [4.69, 9.17) is 0 Å². The number of alkyl halides is 1. The van der Waals surface area contributed by atoms with Crippen LogP contribution >= 0.6 is 15.9 Å². The van der Waals surface area contributed by atoms with E-state index < -0.39 is 0 Å². The van der Waals surface area contributed by atoms with Crippen LogP contribution in [0.5, 0.6) is 0 Å². The smallest absolute Gasteiger partial charge is 0.0241 e. The highest BCUT2D eigenvalue weighted by atomic mass is 79.9. The summed E-state index contributed by atoms with van der Waals surface area (Å²) in [5.41, 5.74) is 1.59. The van der Waals surface area contributed by atoms with Gasteiger partial charge in [0.1, 0.15) is 0 Å². The van der Waals surface area contributed by atoms with E-state index in [-0.39, 0.29) is 0 Å². The Morgan fingerprint density at radius 2 is 2.00 bits per heavy atom. The van der Waals surface area contributed by atoms with Crippen LogP contribution < -0.4 is 0 Å². The zero-order valence-corrected chi connectivity index (χ0v) is 9.57. The molecule has 1 fully saturated rings. The molecule has 70 valence electrons. The lowest BCUT2D eigenvalue weighted by Crippen LogP contribution is -2.04. The number of allylic oxidation sites excluding steroid dienone is 2. The van der Waals surface area contributed by atoms with Crippen LogP contribution in [0.1, 0.15) is 45.4 Å². The van der Waals surface area contributed by atoms with Crippen molar-refractivity contribution in [2.45, 2.75) is 45.4 Å². The van der Waals surface area contributed by atoms with Crippen molar-refractivity contribution >= 4 is 15.9 Å². The fraction of sp³-hybridized carbons (Fsp3) is 0.818. The standard InChI is InChI=1S/C11H19Br/c1-2-10(9-12)8-11-6-4-3-5-7-11/h8,11H,2-7,9H2,1H3/b10-8+. The first kappa shape index (κ1) is 10.3. The van der Waals surface area contributed by atoms with Crippen LogP contribution in [0, 0.1) is 5.92 Å². The molecule has 0 aromatic rings. The SMILES string of the molecule is CC/C(=C\C1CCCCC1)CBr. The molecule has 0 amide bonds. The number of hydrogen-bond acceptors (Lipinski definition) is 0. The number of halogens is 1. The fourth-order valence-corrected chi connectivity index (χ4v) is 2.47. The first-order valence-electron chi connectivity index (χ1n) is 5.12. The summed E-state index contributed by atoms with van der Waals surface area (Å²) >= 11 is 3.53. The molecule has 1 heteroatoms. The molecule has 0 aromatic heterocycles. The van der Waals surface area contributed by atoms with Crippen molar-refractivity contribution in [3.05, 3.63) is 11.6 Å². The zero-order valence-electron chi connectivity index (χ0n) is 7.98. The molecule has 1 rings (SSSR count). The Morgan fingerprint density at radius 1 is 1.33 bits per heavy atom. The second-order valence-corrected chi connectivity index (χ2v) is 4.27. The van der Waals surface area contributed by atoms with Gasteiger partial charge in [-0.2, -0.15) is 0 Å². The lowest BCUT2D eigenvalue weighted by molar-refractivity contribution is 0.417. The Balaban J connectivity index is 2.39. The predicted octanol–water partition coefficient (Wildman–Crippen LogP) is 4.30. The monoisotopic (exact) mass is 230 g/mol. The third-order valence-corrected chi connectivity index (χ3v) is 3.47. The topological polar surface area (TPSA) is 0 Å². The van der Waals surface area contributed by atoms with Gasteiger partial charge in [0.05, 0.1) is 0 Å². The summed E-state index contributed by atoms with van der Waals surface area (Å²) in [6.07, 6.45) is 10.9.